The van der Waals surface area contributed by atoms with Crippen molar-refractivity contribution >= 4 is 34.4 Å². The number of hydrogen-bond acceptors (Lipinski definition) is 4. The Bertz CT molecular complexity index is 605. The van der Waals surface area contributed by atoms with E-state index < -0.39 is 11.8 Å². The van der Waals surface area contributed by atoms with Crippen LogP contribution in [0.25, 0.3) is 0 Å². The molecule has 0 saturated carbocycles. The van der Waals surface area contributed by atoms with E-state index in [1.54, 1.807) is 0 Å². The van der Waals surface area contributed by atoms with Crippen molar-refractivity contribution in [3.05, 3.63) is 29.6 Å². The molecule has 0 aliphatic carbocycles. The van der Waals surface area contributed by atoms with Gasteiger partial charge in [-0.1, -0.05) is 11.8 Å². The van der Waals surface area contributed by atoms with E-state index in [4.69, 9.17) is 5.11 Å². The predicted octanol–water partition coefficient (Wildman–Crippen LogP) is 2.16. The number of halogens is 1. The fourth-order valence-corrected chi connectivity index (χ4v) is 2.96. The lowest BCUT2D eigenvalue weighted by atomic mass is 10.1. The maximum absolute atomic E-state index is 13.4. The molecule has 1 N–H and O–H groups in total. The zero-order valence-corrected chi connectivity index (χ0v) is 12.2. The van der Waals surface area contributed by atoms with Crippen LogP contribution in [0.4, 0.5) is 10.1 Å². The van der Waals surface area contributed by atoms with Crippen LogP contribution < -0.4 is 4.90 Å². The van der Waals surface area contributed by atoms with Gasteiger partial charge in [0.1, 0.15) is 5.82 Å². The van der Waals surface area contributed by atoms with Crippen LogP contribution in [-0.2, 0) is 9.59 Å². The quantitative estimate of drug-likeness (QED) is 0.922. The summed E-state index contributed by atoms with van der Waals surface area (Å²) in [4.78, 5) is 35.5. The third kappa shape index (κ3) is 3.60. The van der Waals surface area contributed by atoms with Crippen molar-refractivity contribution in [3.8, 4) is 0 Å². The molecule has 112 valence electrons. The Kier molecular flexibility index (Phi) is 4.62. The Morgan fingerprint density at radius 1 is 1.48 bits per heavy atom. The van der Waals surface area contributed by atoms with Crippen molar-refractivity contribution in [1.29, 1.82) is 0 Å². The Morgan fingerprint density at radius 3 is 2.81 bits per heavy atom. The fourth-order valence-electron chi connectivity index (χ4n) is 2.27. The minimum absolute atomic E-state index is 0.0297. The van der Waals surface area contributed by atoms with Gasteiger partial charge in [0, 0.05) is 25.6 Å². The zero-order valence-electron chi connectivity index (χ0n) is 11.3. The minimum Gasteiger partial charge on any atom is -0.478 e. The summed E-state index contributed by atoms with van der Waals surface area (Å²) in [6, 6.07) is 3.26. The van der Waals surface area contributed by atoms with Crippen molar-refractivity contribution in [2.24, 2.45) is 5.92 Å². The lowest BCUT2D eigenvalue weighted by Crippen LogP contribution is -2.27. The molecule has 5 nitrogen and oxygen atoms in total. The molecule has 21 heavy (non-hydrogen) atoms. The van der Waals surface area contributed by atoms with E-state index in [0.29, 0.717) is 12.3 Å². The third-order valence-corrected chi connectivity index (χ3v) is 4.25. The van der Waals surface area contributed by atoms with Crippen LogP contribution in [0.5, 0.6) is 0 Å². The summed E-state index contributed by atoms with van der Waals surface area (Å²) in [5.41, 5.74) is -0.0348. The molecule has 2 rings (SSSR count). The van der Waals surface area contributed by atoms with E-state index in [1.165, 1.54) is 11.8 Å². The van der Waals surface area contributed by atoms with Gasteiger partial charge < -0.3 is 10.0 Å². The minimum atomic E-state index is -1.21. The normalized spacial score (nSPS) is 18.1. The molecule has 1 unspecified atom stereocenters. The Balaban J connectivity index is 2.22. The predicted molar refractivity (Wildman–Crippen MR) is 77.0 cm³/mol. The van der Waals surface area contributed by atoms with Crippen molar-refractivity contribution in [1.82, 2.24) is 0 Å². The van der Waals surface area contributed by atoms with Gasteiger partial charge in [-0.3, -0.25) is 9.59 Å². The van der Waals surface area contributed by atoms with Crippen LogP contribution in [-0.4, -0.2) is 34.4 Å². The van der Waals surface area contributed by atoms with Crippen LogP contribution in [0.2, 0.25) is 0 Å². The molecule has 0 radical (unpaired) electrons. The van der Waals surface area contributed by atoms with Gasteiger partial charge in [0.2, 0.25) is 5.91 Å². The number of carboxylic acid groups (broad SMARTS) is 1. The van der Waals surface area contributed by atoms with Crippen LogP contribution in [0.1, 0.15) is 23.7 Å². The standard InChI is InChI=1S/C14H14FNO4S/c1-8(17)21-7-9-4-13(18)16(6-9)12-5-10(15)2-3-11(12)14(19)20/h2-3,5,9H,4,6-7H2,1H3,(H,19,20). The lowest BCUT2D eigenvalue weighted by Gasteiger charge is -2.19. The number of thioether (sulfide) groups is 1. The highest BCUT2D eigenvalue weighted by atomic mass is 32.2. The number of carbonyl (C=O) groups is 3. The first-order valence-electron chi connectivity index (χ1n) is 6.35. The molecule has 1 atom stereocenters. The largest absolute Gasteiger partial charge is 0.478 e. The van der Waals surface area contributed by atoms with Gasteiger partial charge in [-0.05, 0) is 24.1 Å². The summed E-state index contributed by atoms with van der Waals surface area (Å²) in [5, 5.41) is 9.11. The maximum atomic E-state index is 13.4. The number of carbonyl (C=O) groups excluding carboxylic acids is 2. The molecule has 7 heteroatoms. The molecule has 1 aromatic carbocycles. The molecule has 0 bridgehead atoms. The van der Waals surface area contributed by atoms with Crippen LogP contribution in [0, 0.1) is 11.7 Å². The summed E-state index contributed by atoms with van der Waals surface area (Å²) >= 11 is 1.13. The Labute approximate surface area is 125 Å². The van der Waals surface area contributed by atoms with Gasteiger partial charge in [-0.15, -0.1) is 0 Å². The van der Waals surface area contributed by atoms with E-state index in [0.717, 1.165) is 30.0 Å². The van der Waals surface area contributed by atoms with E-state index in [9.17, 15) is 18.8 Å². The summed E-state index contributed by atoms with van der Waals surface area (Å²) < 4.78 is 13.4. The zero-order chi connectivity index (χ0) is 15.6. The van der Waals surface area contributed by atoms with Gasteiger partial charge >= 0.3 is 5.97 Å². The molecule has 1 aliphatic rings. The first-order chi connectivity index (χ1) is 9.88. The first kappa shape index (κ1) is 15.5. The number of amides is 1. The number of aromatic carboxylic acids is 1. The number of anilines is 1. The Morgan fingerprint density at radius 2 is 2.19 bits per heavy atom. The third-order valence-electron chi connectivity index (χ3n) is 3.21. The van der Waals surface area contributed by atoms with Crippen LogP contribution in [0.15, 0.2) is 18.2 Å². The van der Waals surface area contributed by atoms with Gasteiger partial charge in [-0.2, -0.15) is 0 Å². The van der Waals surface area contributed by atoms with Crippen molar-refractivity contribution < 1.29 is 23.9 Å². The second-order valence-electron chi connectivity index (χ2n) is 4.84. The molecule has 0 aromatic heterocycles. The molecule has 1 aromatic rings. The highest BCUT2D eigenvalue weighted by Crippen LogP contribution is 2.30. The highest BCUT2D eigenvalue weighted by molar-refractivity contribution is 8.13. The summed E-state index contributed by atoms with van der Waals surface area (Å²) in [7, 11) is 0. The number of carboxylic acids is 1. The van der Waals surface area contributed by atoms with E-state index in [-0.39, 0.29) is 34.6 Å². The molecule has 1 amide bonds. The highest BCUT2D eigenvalue weighted by Gasteiger charge is 2.33. The molecule has 1 saturated heterocycles. The molecule has 0 spiro atoms. The summed E-state index contributed by atoms with van der Waals surface area (Å²) in [5.74, 6) is -1.60. The molecule has 1 aliphatic heterocycles. The summed E-state index contributed by atoms with van der Waals surface area (Å²) in [6.07, 6.45) is 0.232. The maximum Gasteiger partial charge on any atom is 0.337 e. The topological polar surface area (TPSA) is 74.7 Å². The number of benzene rings is 1. The Hall–Kier alpha value is -1.89. The second-order valence-corrected chi connectivity index (χ2v) is 6.04. The average molecular weight is 311 g/mol. The summed E-state index contributed by atoms with van der Waals surface area (Å²) in [6.45, 7) is 1.75. The number of hydrogen-bond donors (Lipinski definition) is 1. The van der Waals surface area contributed by atoms with E-state index >= 15 is 0 Å². The monoisotopic (exact) mass is 311 g/mol. The average Bonchev–Trinajstić information content (AvgIpc) is 2.77. The molecule has 1 fully saturated rings. The van der Waals surface area contributed by atoms with Crippen LogP contribution in [0.3, 0.4) is 0 Å². The first-order valence-corrected chi connectivity index (χ1v) is 7.33. The van der Waals surface area contributed by atoms with Gasteiger partial charge in [-0.25, -0.2) is 9.18 Å². The van der Waals surface area contributed by atoms with Gasteiger partial charge in [0.25, 0.3) is 0 Å². The van der Waals surface area contributed by atoms with E-state index in [1.807, 2.05) is 0 Å². The molecular formula is C14H14FNO4S. The van der Waals surface area contributed by atoms with E-state index in [2.05, 4.69) is 0 Å². The van der Waals surface area contributed by atoms with Gasteiger partial charge in [0.15, 0.2) is 5.12 Å². The fraction of sp³-hybridized carbons (Fsp3) is 0.357. The van der Waals surface area contributed by atoms with Crippen molar-refractivity contribution in [2.45, 2.75) is 13.3 Å². The second kappa shape index (κ2) is 6.26. The molecular weight excluding hydrogens is 297 g/mol. The number of nitrogens with zero attached hydrogens (tertiary/aromatic N) is 1. The van der Waals surface area contributed by atoms with Crippen LogP contribution >= 0.6 is 11.8 Å². The smallest absolute Gasteiger partial charge is 0.337 e. The number of rotatable bonds is 4. The van der Waals surface area contributed by atoms with Crippen molar-refractivity contribution in [2.75, 3.05) is 17.2 Å². The van der Waals surface area contributed by atoms with Crippen molar-refractivity contribution in [3.63, 3.8) is 0 Å². The SMILES string of the molecule is CC(=O)SCC1CC(=O)N(c2cc(F)ccc2C(=O)O)C1. The lowest BCUT2D eigenvalue weighted by molar-refractivity contribution is -0.117. The molecule has 1 heterocycles. The van der Waals surface area contributed by atoms with Gasteiger partial charge in [0.05, 0.1) is 11.3 Å².